The molecule has 0 saturated carbocycles. The number of hydrogen-bond acceptors (Lipinski definition) is 4. The number of amides is 2. The Balaban J connectivity index is 1.34. The van der Waals surface area contributed by atoms with Gasteiger partial charge in [0.05, 0.1) is 12.7 Å². The number of benzene rings is 1. The van der Waals surface area contributed by atoms with Crippen molar-refractivity contribution in [2.45, 2.75) is 44.6 Å². The fraction of sp³-hybridized carbons (Fsp3) is 0.522. The third-order valence-corrected chi connectivity index (χ3v) is 6.12. The fourth-order valence-corrected chi connectivity index (χ4v) is 4.48. The molecule has 0 bridgehead atoms. The summed E-state index contributed by atoms with van der Waals surface area (Å²) in [6.07, 6.45) is 10.8. The number of hydrogen-bond donors (Lipinski definition) is 1. The number of para-hydroxylation sites is 1. The molecule has 0 aliphatic carbocycles. The van der Waals surface area contributed by atoms with Crippen LogP contribution in [0.1, 0.15) is 43.7 Å². The van der Waals surface area contributed by atoms with Gasteiger partial charge in [-0.2, -0.15) is 0 Å². The quantitative estimate of drug-likeness (QED) is 0.680. The van der Waals surface area contributed by atoms with Crippen molar-refractivity contribution in [2.75, 3.05) is 37.6 Å². The number of nitrogens with one attached hydrogen (secondary N) is 1. The second-order valence-electron chi connectivity index (χ2n) is 8.20. The summed E-state index contributed by atoms with van der Waals surface area (Å²) in [6, 6.07) is 7.40. The largest absolute Gasteiger partial charge is 0.356 e. The van der Waals surface area contributed by atoms with Gasteiger partial charge >= 0.3 is 0 Å². The van der Waals surface area contributed by atoms with Crippen molar-refractivity contribution >= 4 is 17.5 Å². The van der Waals surface area contributed by atoms with Gasteiger partial charge in [-0.1, -0.05) is 24.6 Å². The zero-order valence-electron chi connectivity index (χ0n) is 17.5. The third kappa shape index (κ3) is 4.90. The van der Waals surface area contributed by atoms with E-state index in [4.69, 9.17) is 0 Å². The summed E-state index contributed by atoms with van der Waals surface area (Å²) in [5.74, 6) is -0.144. The van der Waals surface area contributed by atoms with E-state index in [1.54, 1.807) is 23.3 Å². The molecular formula is C23H31N5O2. The Morgan fingerprint density at radius 1 is 1.10 bits per heavy atom. The summed E-state index contributed by atoms with van der Waals surface area (Å²) >= 11 is 0. The first-order valence-corrected chi connectivity index (χ1v) is 11.1. The van der Waals surface area contributed by atoms with Crippen molar-refractivity contribution < 1.29 is 9.59 Å². The SMILES string of the molecule is O=C(C[C@H](C(=O)N1CCc2ccccc21)n1ccnc1)NCCCN1CCCCC1. The lowest BCUT2D eigenvalue weighted by Crippen LogP contribution is -2.39. The maximum absolute atomic E-state index is 13.4. The van der Waals surface area contributed by atoms with E-state index in [9.17, 15) is 9.59 Å². The number of carbonyl (C=O) groups excluding carboxylic acids is 2. The molecule has 0 spiro atoms. The van der Waals surface area contributed by atoms with E-state index in [0.29, 0.717) is 13.1 Å². The normalized spacial score (nSPS) is 17.5. The zero-order chi connectivity index (χ0) is 20.8. The molecule has 1 fully saturated rings. The number of carbonyl (C=O) groups is 2. The third-order valence-electron chi connectivity index (χ3n) is 6.12. The highest BCUT2D eigenvalue weighted by Crippen LogP contribution is 2.30. The molecule has 4 rings (SSSR count). The lowest BCUT2D eigenvalue weighted by molar-refractivity contribution is -0.128. The van der Waals surface area contributed by atoms with E-state index in [1.807, 2.05) is 23.1 Å². The van der Waals surface area contributed by atoms with Gasteiger partial charge < -0.3 is 19.7 Å². The van der Waals surface area contributed by atoms with Crippen molar-refractivity contribution in [3.8, 4) is 0 Å². The Hall–Kier alpha value is -2.67. The highest BCUT2D eigenvalue weighted by molar-refractivity contribution is 6.00. The van der Waals surface area contributed by atoms with Crippen molar-refractivity contribution in [1.82, 2.24) is 19.8 Å². The number of anilines is 1. The Morgan fingerprint density at radius 3 is 2.73 bits per heavy atom. The van der Waals surface area contributed by atoms with Crippen LogP contribution in [0.2, 0.25) is 0 Å². The van der Waals surface area contributed by atoms with Crippen LogP contribution < -0.4 is 10.2 Å². The Kier molecular flexibility index (Phi) is 6.79. The van der Waals surface area contributed by atoms with Crippen molar-refractivity contribution in [1.29, 1.82) is 0 Å². The number of rotatable bonds is 8. The van der Waals surface area contributed by atoms with Crippen LogP contribution in [0.3, 0.4) is 0 Å². The maximum Gasteiger partial charge on any atom is 0.250 e. The average Bonchev–Trinajstić information content (AvgIpc) is 3.45. The summed E-state index contributed by atoms with van der Waals surface area (Å²) < 4.78 is 1.75. The number of aromatic nitrogens is 2. The van der Waals surface area contributed by atoms with Crippen LogP contribution in [0.25, 0.3) is 0 Å². The van der Waals surface area contributed by atoms with Crippen molar-refractivity contribution in [3.05, 3.63) is 48.5 Å². The standard InChI is InChI=1S/C23H31N5O2/c29-22(25-10-6-14-26-12-4-1-5-13-26)17-21(27-16-11-24-18-27)23(30)28-15-9-19-7-2-3-8-20(19)28/h2-3,7-8,11,16,18,21H,1,4-6,9-10,12-15,17H2,(H,25,29)/t21-/m1/s1. The monoisotopic (exact) mass is 409 g/mol. The molecule has 2 aliphatic rings. The number of piperidine rings is 1. The molecule has 7 nitrogen and oxygen atoms in total. The predicted octanol–water partition coefficient (Wildman–Crippen LogP) is 2.40. The van der Waals surface area contributed by atoms with Gasteiger partial charge in [-0.05, 0) is 56.9 Å². The van der Waals surface area contributed by atoms with Crippen LogP contribution in [-0.2, 0) is 16.0 Å². The van der Waals surface area contributed by atoms with Crippen LogP contribution in [-0.4, -0.2) is 59.0 Å². The smallest absolute Gasteiger partial charge is 0.250 e. The first-order chi connectivity index (χ1) is 14.7. The van der Waals surface area contributed by atoms with E-state index in [0.717, 1.165) is 25.1 Å². The fourth-order valence-electron chi connectivity index (χ4n) is 4.48. The molecule has 2 amide bonds. The molecular weight excluding hydrogens is 378 g/mol. The Bertz CT molecular complexity index is 845. The number of nitrogens with zero attached hydrogens (tertiary/aromatic N) is 4. The molecule has 1 N–H and O–H groups in total. The molecule has 1 aromatic heterocycles. The minimum Gasteiger partial charge on any atom is -0.356 e. The van der Waals surface area contributed by atoms with Crippen LogP contribution in [0.5, 0.6) is 0 Å². The zero-order valence-corrected chi connectivity index (χ0v) is 17.5. The molecule has 30 heavy (non-hydrogen) atoms. The average molecular weight is 410 g/mol. The lowest BCUT2D eigenvalue weighted by Gasteiger charge is -2.26. The molecule has 0 radical (unpaired) electrons. The molecule has 1 atom stereocenters. The van der Waals surface area contributed by atoms with E-state index in [-0.39, 0.29) is 18.2 Å². The molecule has 3 heterocycles. The van der Waals surface area contributed by atoms with Gasteiger partial charge in [0.2, 0.25) is 5.91 Å². The second kappa shape index (κ2) is 9.89. The van der Waals surface area contributed by atoms with Gasteiger partial charge in [-0.25, -0.2) is 4.98 Å². The van der Waals surface area contributed by atoms with Gasteiger partial charge in [0.1, 0.15) is 6.04 Å². The van der Waals surface area contributed by atoms with E-state index in [2.05, 4.69) is 21.3 Å². The Morgan fingerprint density at radius 2 is 1.93 bits per heavy atom. The topological polar surface area (TPSA) is 70.5 Å². The van der Waals surface area contributed by atoms with Gasteiger partial charge in [0.15, 0.2) is 0 Å². The van der Waals surface area contributed by atoms with Crippen LogP contribution in [0, 0.1) is 0 Å². The predicted molar refractivity (Wildman–Crippen MR) is 116 cm³/mol. The summed E-state index contributed by atoms with van der Waals surface area (Å²) in [5, 5.41) is 3.01. The van der Waals surface area contributed by atoms with Crippen molar-refractivity contribution in [2.24, 2.45) is 0 Å². The van der Waals surface area contributed by atoms with E-state index < -0.39 is 6.04 Å². The van der Waals surface area contributed by atoms with E-state index in [1.165, 1.54) is 37.9 Å². The number of fused-ring (bicyclic) bond motifs is 1. The van der Waals surface area contributed by atoms with Crippen molar-refractivity contribution in [3.63, 3.8) is 0 Å². The summed E-state index contributed by atoms with van der Waals surface area (Å²) in [4.78, 5) is 34.4. The number of imidazole rings is 1. The minimum atomic E-state index is -0.583. The molecule has 1 saturated heterocycles. The van der Waals surface area contributed by atoms with Gasteiger partial charge in [0.25, 0.3) is 5.91 Å². The minimum absolute atomic E-state index is 0.0542. The van der Waals surface area contributed by atoms with Gasteiger partial charge in [-0.15, -0.1) is 0 Å². The van der Waals surface area contributed by atoms with E-state index >= 15 is 0 Å². The summed E-state index contributed by atoms with van der Waals surface area (Å²) in [6.45, 7) is 4.66. The first-order valence-electron chi connectivity index (χ1n) is 11.1. The number of likely N-dealkylation sites (tertiary alicyclic amines) is 1. The molecule has 2 aliphatic heterocycles. The maximum atomic E-state index is 13.4. The second-order valence-corrected chi connectivity index (χ2v) is 8.20. The highest BCUT2D eigenvalue weighted by Gasteiger charge is 2.32. The van der Waals surface area contributed by atoms with Crippen LogP contribution >= 0.6 is 0 Å². The molecule has 2 aromatic rings. The lowest BCUT2D eigenvalue weighted by atomic mass is 10.1. The van der Waals surface area contributed by atoms with Crippen LogP contribution in [0.4, 0.5) is 5.69 Å². The van der Waals surface area contributed by atoms with Gasteiger partial charge in [0, 0.05) is 31.2 Å². The molecule has 160 valence electrons. The molecule has 0 unspecified atom stereocenters. The molecule has 7 heteroatoms. The Labute approximate surface area is 178 Å². The first kappa shape index (κ1) is 20.6. The highest BCUT2D eigenvalue weighted by atomic mass is 16.2. The molecule has 1 aromatic carbocycles. The summed E-state index contributed by atoms with van der Waals surface area (Å²) in [5.41, 5.74) is 2.13. The van der Waals surface area contributed by atoms with Gasteiger partial charge in [-0.3, -0.25) is 9.59 Å². The summed E-state index contributed by atoms with van der Waals surface area (Å²) in [7, 11) is 0. The van der Waals surface area contributed by atoms with Crippen LogP contribution in [0.15, 0.2) is 43.0 Å².